The van der Waals surface area contributed by atoms with Gasteiger partial charge in [-0.15, -0.1) is 0 Å². The van der Waals surface area contributed by atoms with E-state index in [0.717, 1.165) is 22.0 Å². The van der Waals surface area contributed by atoms with E-state index in [-0.39, 0.29) is 11.1 Å². The quantitative estimate of drug-likeness (QED) is 0.364. The third kappa shape index (κ3) is 2.26. The molecule has 1 nitrogen and oxygen atoms in total. The molecule has 0 bridgehead atoms. The Morgan fingerprint density at radius 1 is 0.750 bits per heavy atom. The van der Waals surface area contributed by atoms with E-state index in [0.29, 0.717) is 11.1 Å². The van der Waals surface area contributed by atoms with Gasteiger partial charge in [-0.05, 0) is 22.6 Å². The van der Waals surface area contributed by atoms with E-state index in [4.69, 9.17) is 0 Å². The lowest BCUT2D eigenvalue weighted by Crippen LogP contribution is -2.35. The molecule has 138 valence electrons. The van der Waals surface area contributed by atoms with Crippen LogP contribution in [0.4, 0.5) is 8.78 Å². The van der Waals surface area contributed by atoms with Crippen LogP contribution in [-0.4, -0.2) is 4.98 Å². The Morgan fingerprint density at radius 3 is 2.18 bits per heavy atom. The van der Waals surface area contributed by atoms with Crippen molar-refractivity contribution in [3.05, 3.63) is 101 Å². The van der Waals surface area contributed by atoms with Crippen molar-refractivity contribution in [2.45, 2.75) is 25.2 Å². The topological polar surface area (TPSA) is 12.9 Å². The second kappa shape index (κ2) is 5.71. The predicted molar refractivity (Wildman–Crippen MR) is 109 cm³/mol. The number of fused-ring (bicyclic) bond motifs is 4. The molecule has 1 aliphatic carbocycles. The SMILES string of the molecule is CC1(C)c2ccccc2C(F)(F)c2ccc3cnc(-c4ccccc4)cc3c21. The Balaban J connectivity index is 1.86. The van der Waals surface area contributed by atoms with Crippen LogP contribution in [0.1, 0.15) is 36.1 Å². The second-order valence-corrected chi connectivity index (χ2v) is 7.89. The summed E-state index contributed by atoms with van der Waals surface area (Å²) in [6.07, 6.45) is 1.78. The molecular formula is C25H19F2N. The van der Waals surface area contributed by atoms with Crippen LogP contribution in [0.15, 0.2) is 79.0 Å². The second-order valence-electron chi connectivity index (χ2n) is 7.89. The fourth-order valence-corrected chi connectivity index (χ4v) is 4.50. The molecule has 28 heavy (non-hydrogen) atoms. The molecule has 3 aromatic carbocycles. The molecule has 1 aliphatic rings. The van der Waals surface area contributed by atoms with Gasteiger partial charge in [0, 0.05) is 33.7 Å². The average molecular weight is 371 g/mol. The highest BCUT2D eigenvalue weighted by molar-refractivity contribution is 5.91. The maximum absolute atomic E-state index is 15.5. The van der Waals surface area contributed by atoms with E-state index in [2.05, 4.69) is 4.98 Å². The third-order valence-corrected chi connectivity index (χ3v) is 5.87. The summed E-state index contributed by atoms with van der Waals surface area (Å²) in [7, 11) is 0. The molecule has 0 aliphatic heterocycles. The van der Waals surface area contributed by atoms with Crippen molar-refractivity contribution in [2.24, 2.45) is 0 Å². The molecule has 0 atom stereocenters. The lowest BCUT2D eigenvalue weighted by molar-refractivity contribution is 0.0355. The summed E-state index contributed by atoms with van der Waals surface area (Å²) in [5.41, 5.74) is 2.79. The van der Waals surface area contributed by atoms with Gasteiger partial charge in [0.05, 0.1) is 5.69 Å². The minimum atomic E-state index is -3.02. The van der Waals surface area contributed by atoms with Crippen LogP contribution in [-0.2, 0) is 11.3 Å². The summed E-state index contributed by atoms with van der Waals surface area (Å²) in [6, 6.07) is 22.0. The minimum Gasteiger partial charge on any atom is -0.256 e. The lowest BCUT2D eigenvalue weighted by atomic mass is 9.66. The lowest BCUT2D eigenvalue weighted by Gasteiger charge is -2.40. The number of pyridine rings is 1. The fourth-order valence-electron chi connectivity index (χ4n) is 4.50. The maximum Gasteiger partial charge on any atom is 0.299 e. The molecule has 0 amide bonds. The first kappa shape index (κ1) is 17.1. The van der Waals surface area contributed by atoms with Gasteiger partial charge in [-0.2, -0.15) is 8.78 Å². The third-order valence-electron chi connectivity index (χ3n) is 5.87. The molecule has 4 aromatic rings. The number of rotatable bonds is 1. The summed E-state index contributed by atoms with van der Waals surface area (Å²) >= 11 is 0. The largest absolute Gasteiger partial charge is 0.299 e. The van der Waals surface area contributed by atoms with Crippen molar-refractivity contribution in [1.82, 2.24) is 4.98 Å². The fraction of sp³-hybridized carbons (Fsp3) is 0.160. The number of halogens is 2. The highest BCUT2D eigenvalue weighted by atomic mass is 19.3. The average Bonchev–Trinajstić information content (AvgIpc) is 2.72. The number of aromatic nitrogens is 1. The maximum atomic E-state index is 15.5. The van der Waals surface area contributed by atoms with Gasteiger partial charge < -0.3 is 0 Å². The van der Waals surface area contributed by atoms with Crippen LogP contribution < -0.4 is 0 Å². The van der Waals surface area contributed by atoms with Gasteiger partial charge in [0.2, 0.25) is 0 Å². The van der Waals surface area contributed by atoms with Crippen molar-refractivity contribution < 1.29 is 8.78 Å². The normalized spacial score (nSPS) is 16.4. The molecule has 0 saturated heterocycles. The summed E-state index contributed by atoms with van der Waals surface area (Å²) in [6.45, 7) is 4.06. The van der Waals surface area contributed by atoms with Crippen LogP contribution in [0.2, 0.25) is 0 Å². The molecule has 3 heteroatoms. The molecular weight excluding hydrogens is 352 g/mol. The first-order valence-electron chi connectivity index (χ1n) is 9.37. The number of alkyl halides is 2. The zero-order valence-corrected chi connectivity index (χ0v) is 15.7. The number of nitrogens with zero attached hydrogens (tertiary/aromatic N) is 1. The summed E-state index contributed by atoms with van der Waals surface area (Å²) in [5, 5.41) is 1.72. The molecule has 0 unspecified atom stereocenters. The van der Waals surface area contributed by atoms with Crippen LogP contribution in [0.5, 0.6) is 0 Å². The van der Waals surface area contributed by atoms with Crippen LogP contribution in [0, 0.1) is 0 Å². The van der Waals surface area contributed by atoms with Crippen LogP contribution >= 0.6 is 0 Å². The zero-order chi connectivity index (χ0) is 19.5. The van der Waals surface area contributed by atoms with E-state index < -0.39 is 11.3 Å². The molecule has 0 radical (unpaired) electrons. The van der Waals surface area contributed by atoms with Gasteiger partial charge in [0.25, 0.3) is 5.92 Å². The summed E-state index contributed by atoms with van der Waals surface area (Å²) in [4.78, 5) is 4.57. The number of hydrogen-bond acceptors (Lipinski definition) is 1. The predicted octanol–water partition coefficient (Wildman–Crippen LogP) is 6.68. The van der Waals surface area contributed by atoms with Crippen LogP contribution in [0.3, 0.4) is 0 Å². The Kier molecular flexibility index (Phi) is 3.48. The molecule has 1 heterocycles. The van der Waals surface area contributed by atoms with Gasteiger partial charge >= 0.3 is 0 Å². The minimum absolute atomic E-state index is 0.0916. The Hall–Kier alpha value is -3.07. The monoisotopic (exact) mass is 371 g/mol. The number of hydrogen-bond donors (Lipinski definition) is 0. The van der Waals surface area contributed by atoms with Gasteiger partial charge in [-0.3, -0.25) is 4.98 Å². The Bertz CT molecular complexity index is 1210. The first-order chi connectivity index (χ1) is 13.4. The first-order valence-corrected chi connectivity index (χ1v) is 9.37. The molecule has 0 spiro atoms. The van der Waals surface area contributed by atoms with Crippen molar-refractivity contribution in [1.29, 1.82) is 0 Å². The summed E-state index contributed by atoms with van der Waals surface area (Å²) in [5.74, 6) is -3.02. The van der Waals surface area contributed by atoms with Crippen molar-refractivity contribution in [3.8, 4) is 11.3 Å². The van der Waals surface area contributed by atoms with E-state index in [1.165, 1.54) is 0 Å². The van der Waals surface area contributed by atoms with E-state index in [1.807, 2.05) is 62.4 Å². The Labute approximate surface area is 162 Å². The molecule has 0 saturated carbocycles. The van der Waals surface area contributed by atoms with Gasteiger partial charge in [-0.25, -0.2) is 0 Å². The summed E-state index contributed by atoms with van der Waals surface area (Å²) < 4.78 is 30.9. The van der Waals surface area contributed by atoms with Gasteiger partial charge in [0.15, 0.2) is 0 Å². The molecule has 0 N–H and O–H groups in total. The van der Waals surface area contributed by atoms with E-state index in [1.54, 1.807) is 30.5 Å². The smallest absolute Gasteiger partial charge is 0.256 e. The van der Waals surface area contributed by atoms with Gasteiger partial charge in [0.1, 0.15) is 0 Å². The van der Waals surface area contributed by atoms with Crippen LogP contribution in [0.25, 0.3) is 22.0 Å². The molecule has 1 aromatic heterocycles. The highest BCUT2D eigenvalue weighted by Gasteiger charge is 2.48. The van der Waals surface area contributed by atoms with E-state index >= 15 is 8.78 Å². The Morgan fingerprint density at radius 2 is 1.43 bits per heavy atom. The zero-order valence-electron chi connectivity index (χ0n) is 15.7. The van der Waals surface area contributed by atoms with E-state index in [9.17, 15) is 0 Å². The standard InChI is InChI=1S/C25H19F2N/c1-24(2)19-10-6-7-11-20(19)25(26,27)21-13-12-17-15-28-22(14-18(17)23(21)24)16-8-4-3-5-9-16/h3-15H,1-2H3. The highest BCUT2D eigenvalue weighted by Crippen LogP contribution is 2.53. The molecule has 5 rings (SSSR count). The van der Waals surface area contributed by atoms with Gasteiger partial charge in [-0.1, -0.05) is 80.6 Å². The number of benzene rings is 3. The molecule has 0 fully saturated rings. The van der Waals surface area contributed by atoms with Crippen molar-refractivity contribution in [2.75, 3.05) is 0 Å². The van der Waals surface area contributed by atoms with Crippen molar-refractivity contribution >= 4 is 10.8 Å². The van der Waals surface area contributed by atoms with Crippen molar-refractivity contribution in [3.63, 3.8) is 0 Å².